The lowest BCUT2D eigenvalue weighted by Crippen LogP contribution is -2.24. The topological polar surface area (TPSA) is 95.5 Å². The number of methoxy groups -OCH3 is 2. The van der Waals surface area contributed by atoms with E-state index in [0.29, 0.717) is 33.4 Å². The maximum absolute atomic E-state index is 12.4. The standard InChI is InChI=1S/C24H21ClN2O6/c1-30-19-9-7-17(8-10-19)24(29)33-21-11-6-16(12-22(21)31-2)14-26-27-23(28)15-32-20-5-3-4-18(25)13-20/h3-14H,15H2,1-2H3,(H,27,28)/b26-14-. The normalized spacial score (nSPS) is 10.5. The van der Waals surface area contributed by atoms with E-state index in [2.05, 4.69) is 10.5 Å². The van der Waals surface area contributed by atoms with E-state index in [-0.39, 0.29) is 12.4 Å². The molecule has 0 fully saturated rings. The summed E-state index contributed by atoms with van der Waals surface area (Å²) in [6.45, 7) is -0.221. The molecule has 0 aliphatic carbocycles. The molecule has 1 amide bonds. The fourth-order valence-electron chi connectivity index (χ4n) is 2.65. The van der Waals surface area contributed by atoms with Crippen molar-refractivity contribution in [2.75, 3.05) is 20.8 Å². The van der Waals surface area contributed by atoms with E-state index in [1.165, 1.54) is 13.3 Å². The molecule has 9 heteroatoms. The molecule has 8 nitrogen and oxygen atoms in total. The van der Waals surface area contributed by atoms with Crippen LogP contribution in [0.4, 0.5) is 0 Å². The Labute approximate surface area is 195 Å². The second-order valence-corrected chi connectivity index (χ2v) is 7.00. The highest BCUT2D eigenvalue weighted by atomic mass is 35.5. The van der Waals surface area contributed by atoms with Crippen LogP contribution in [0.1, 0.15) is 15.9 Å². The first-order valence-electron chi connectivity index (χ1n) is 9.73. The number of amides is 1. The van der Waals surface area contributed by atoms with Gasteiger partial charge in [0.2, 0.25) is 0 Å². The largest absolute Gasteiger partial charge is 0.497 e. The Morgan fingerprint density at radius 1 is 0.939 bits per heavy atom. The predicted molar refractivity (Wildman–Crippen MR) is 124 cm³/mol. The molecule has 0 aliphatic heterocycles. The lowest BCUT2D eigenvalue weighted by molar-refractivity contribution is -0.123. The Morgan fingerprint density at radius 3 is 2.42 bits per heavy atom. The summed E-state index contributed by atoms with van der Waals surface area (Å²) in [5.41, 5.74) is 3.35. The van der Waals surface area contributed by atoms with E-state index in [4.69, 9.17) is 30.5 Å². The Bertz CT molecular complexity index is 1150. The van der Waals surface area contributed by atoms with Crippen LogP contribution in [0.5, 0.6) is 23.0 Å². The van der Waals surface area contributed by atoms with Gasteiger partial charge in [0.15, 0.2) is 18.1 Å². The van der Waals surface area contributed by atoms with Gasteiger partial charge in [0.1, 0.15) is 11.5 Å². The van der Waals surface area contributed by atoms with Crippen LogP contribution in [0.2, 0.25) is 5.02 Å². The monoisotopic (exact) mass is 468 g/mol. The number of carbonyl (C=O) groups is 2. The summed E-state index contributed by atoms with van der Waals surface area (Å²) in [7, 11) is 3.00. The molecule has 3 rings (SSSR count). The van der Waals surface area contributed by atoms with Crippen LogP contribution in [-0.2, 0) is 4.79 Å². The van der Waals surface area contributed by atoms with Crippen LogP contribution >= 0.6 is 11.6 Å². The third kappa shape index (κ3) is 6.98. The number of hydrogen-bond donors (Lipinski definition) is 1. The Kier molecular flexibility index (Phi) is 8.26. The van der Waals surface area contributed by atoms with E-state index < -0.39 is 11.9 Å². The van der Waals surface area contributed by atoms with Crippen molar-refractivity contribution < 1.29 is 28.5 Å². The average molecular weight is 469 g/mol. The fraction of sp³-hybridized carbons (Fsp3) is 0.125. The molecule has 170 valence electrons. The van der Waals surface area contributed by atoms with E-state index in [0.717, 1.165) is 0 Å². The van der Waals surface area contributed by atoms with Crippen LogP contribution in [0.25, 0.3) is 0 Å². The summed E-state index contributed by atoms with van der Waals surface area (Å²) in [4.78, 5) is 24.3. The third-order valence-electron chi connectivity index (χ3n) is 4.28. The summed E-state index contributed by atoms with van der Waals surface area (Å²) in [6.07, 6.45) is 1.43. The number of nitrogens with one attached hydrogen (secondary N) is 1. The molecular formula is C24H21ClN2O6. The first kappa shape index (κ1) is 23.6. The smallest absolute Gasteiger partial charge is 0.343 e. The lowest BCUT2D eigenvalue weighted by Gasteiger charge is -2.10. The van der Waals surface area contributed by atoms with Gasteiger partial charge in [-0.15, -0.1) is 0 Å². The highest BCUT2D eigenvalue weighted by molar-refractivity contribution is 6.30. The molecule has 0 saturated heterocycles. The molecule has 0 bridgehead atoms. The van der Waals surface area contributed by atoms with Crippen molar-refractivity contribution in [3.05, 3.63) is 82.9 Å². The average Bonchev–Trinajstić information content (AvgIpc) is 2.83. The highest BCUT2D eigenvalue weighted by Gasteiger charge is 2.13. The Hall–Kier alpha value is -4.04. The molecule has 33 heavy (non-hydrogen) atoms. The summed E-state index contributed by atoms with van der Waals surface area (Å²) >= 11 is 5.87. The van der Waals surface area contributed by atoms with Crippen molar-refractivity contribution in [1.29, 1.82) is 0 Å². The Morgan fingerprint density at radius 2 is 1.73 bits per heavy atom. The van der Waals surface area contributed by atoms with Gasteiger partial charge in [-0.2, -0.15) is 5.10 Å². The summed E-state index contributed by atoms with van der Waals surface area (Å²) in [5, 5.41) is 4.41. The maximum atomic E-state index is 12.4. The minimum absolute atomic E-state index is 0.221. The number of carbonyl (C=O) groups excluding carboxylic acids is 2. The van der Waals surface area contributed by atoms with Crippen molar-refractivity contribution in [3.8, 4) is 23.0 Å². The second-order valence-electron chi connectivity index (χ2n) is 6.57. The number of nitrogens with zero attached hydrogens (tertiary/aromatic N) is 1. The van der Waals surface area contributed by atoms with Crippen molar-refractivity contribution >= 4 is 29.7 Å². The zero-order valence-electron chi connectivity index (χ0n) is 17.9. The van der Waals surface area contributed by atoms with Crippen LogP contribution in [0.15, 0.2) is 71.8 Å². The van der Waals surface area contributed by atoms with Gasteiger partial charge in [-0.25, -0.2) is 10.2 Å². The van der Waals surface area contributed by atoms with Crippen LogP contribution in [0.3, 0.4) is 0 Å². The molecule has 0 saturated carbocycles. The first-order valence-corrected chi connectivity index (χ1v) is 10.1. The molecular weight excluding hydrogens is 448 g/mol. The molecule has 0 aliphatic rings. The van der Waals surface area contributed by atoms with Gasteiger partial charge < -0.3 is 18.9 Å². The molecule has 0 spiro atoms. The predicted octanol–water partition coefficient (Wildman–Crippen LogP) is 4.11. The first-order chi connectivity index (χ1) is 16.0. The molecule has 0 unspecified atom stereocenters. The summed E-state index contributed by atoms with van der Waals surface area (Å²) in [6, 6.07) is 18.1. The zero-order valence-corrected chi connectivity index (χ0v) is 18.7. The van der Waals surface area contributed by atoms with E-state index in [1.807, 2.05) is 0 Å². The summed E-state index contributed by atoms with van der Waals surface area (Å²) in [5.74, 6) is 0.709. The van der Waals surface area contributed by atoms with Crippen LogP contribution in [0, 0.1) is 0 Å². The minimum Gasteiger partial charge on any atom is -0.497 e. The molecule has 0 radical (unpaired) electrons. The maximum Gasteiger partial charge on any atom is 0.343 e. The van der Waals surface area contributed by atoms with Crippen molar-refractivity contribution in [3.63, 3.8) is 0 Å². The van der Waals surface area contributed by atoms with Crippen LogP contribution in [-0.4, -0.2) is 38.9 Å². The Balaban J connectivity index is 1.56. The molecule has 3 aromatic carbocycles. The SMILES string of the molecule is COc1ccc(C(=O)Oc2ccc(/C=N\NC(=O)COc3cccc(Cl)c3)cc2OC)cc1. The van der Waals surface area contributed by atoms with Gasteiger partial charge in [-0.05, 0) is 66.2 Å². The van der Waals surface area contributed by atoms with Crippen molar-refractivity contribution in [1.82, 2.24) is 5.43 Å². The molecule has 3 aromatic rings. The number of rotatable bonds is 9. The number of hydrazone groups is 1. The van der Waals surface area contributed by atoms with Gasteiger partial charge in [0, 0.05) is 5.02 Å². The number of ether oxygens (including phenoxy) is 4. The van der Waals surface area contributed by atoms with Gasteiger partial charge >= 0.3 is 5.97 Å². The molecule has 0 heterocycles. The fourth-order valence-corrected chi connectivity index (χ4v) is 2.83. The molecule has 0 atom stereocenters. The van der Waals surface area contributed by atoms with E-state index in [1.54, 1.807) is 73.8 Å². The number of esters is 1. The second kappa shape index (κ2) is 11.5. The van der Waals surface area contributed by atoms with Gasteiger partial charge in [-0.3, -0.25) is 4.79 Å². The van der Waals surface area contributed by atoms with Crippen LogP contribution < -0.4 is 24.4 Å². The number of halogens is 1. The summed E-state index contributed by atoms with van der Waals surface area (Å²) < 4.78 is 21.2. The number of hydrogen-bond acceptors (Lipinski definition) is 7. The molecule has 0 aromatic heterocycles. The van der Waals surface area contributed by atoms with E-state index in [9.17, 15) is 9.59 Å². The third-order valence-corrected chi connectivity index (χ3v) is 4.52. The quantitative estimate of drug-likeness (QED) is 0.220. The highest BCUT2D eigenvalue weighted by Crippen LogP contribution is 2.28. The van der Waals surface area contributed by atoms with Crippen molar-refractivity contribution in [2.24, 2.45) is 5.10 Å². The molecule has 1 N–H and O–H groups in total. The van der Waals surface area contributed by atoms with Crippen molar-refractivity contribution in [2.45, 2.75) is 0 Å². The van der Waals surface area contributed by atoms with E-state index >= 15 is 0 Å². The minimum atomic E-state index is -0.538. The zero-order chi connectivity index (χ0) is 23.6. The lowest BCUT2D eigenvalue weighted by atomic mass is 10.2. The number of benzene rings is 3. The van der Waals surface area contributed by atoms with Gasteiger partial charge in [0.05, 0.1) is 26.0 Å². The van der Waals surface area contributed by atoms with Gasteiger partial charge in [0.25, 0.3) is 5.91 Å². The van der Waals surface area contributed by atoms with Gasteiger partial charge in [-0.1, -0.05) is 17.7 Å².